The molecule has 0 aromatic heterocycles. The Kier molecular flexibility index (Phi) is 8.71. The van der Waals surface area contributed by atoms with Gasteiger partial charge in [-0.2, -0.15) is 0 Å². The summed E-state index contributed by atoms with van der Waals surface area (Å²) >= 11 is 12.4. The number of para-hydroxylation sites is 1. The van der Waals surface area contributed by atoms with Gasteiger partial charge in [0.2, 0.25) is 0 Å². The van der Waals surface area contributed by atoms with E-state index in [0.29, 0.717) is 5.02 Å². The molecule has 0 spiro atoms. The second-order valence-electron chi connectivity index (χ2n) is 6.47. The van der Waals surface area contributed by atoms with Crippen LogP contribution in [-0.2, 0) is 6.42 Å². The maximum atomic E-state index is 8.80. The maximum absolute atomic E-state index is 8.80. The van der Waals surface area contributed by atoms with E-state index in [9.17, 15) is 0 Å². The lowest BCUT2D eigenvalue weighted by atomic mass is 10.0. The molecule has 1 saturated heterocycles. The number of oxime groups is 1. The van der Waals surface area contributed by atoms with Gasteiger partial charge in [0.25, 0.3) is 0 Å². The number of anilines is 1. The van der Waals surface area contributed by atoms with Crippen LogP contribution in [0.2, 0.25) is 10.0 Å². The fourth-order valence-electron chi connectivity index (χ4n) is 3.39. The lowest BCUT2D eigenvalue weighted by molar-refractivity contribution is 0.255. The normalized spacial score (nSPS) is 15.1. The van der Waals surface area contributed by atoms with Crippen LogP contribution in [0.1, 0.15) is 17.5 Å². The Bertz CT molecular complexity index is 762. The largest absolute Gasteiger partial charge is 0.411 e. The number of hydrogen-bond donors (Lipinski definition) is 1. The van der Waals surface area contributed by atoms with Crippen LogP contribution in [0.5, 0.6) is 0 Å². The van der Waals surface area contributed by atoms with Crippen molar-refractivity contribution in [1.29, 1.82) is 0 Å². The molecule has 0 saturated carbocycles. The highest BCUT2D eigenvalue weighted by atomic mass is 35.5. The first kappa shape index (κ1) is 21.8. The summed E-state index contributed by atoms with van der Waals surface area (Å²) in [5.74, 6) is 0. The van der Waals surface area contributed by atoms with Gasteiger partial charge in [0.15, 0.2) is 0 Å². The van der Waals surface area contributed by atoms with E-state index in [1.165, 1.54) is 6.21 Å². The summed E-state index contributed by atoms with van der Waals surface area (Å²) in [6.45, 7) is 5.09. The lowest BCUT2D eigenvalue weighted by Gasteiger charge is -2.36. The summed E-state index contributed by atoms with van der Waals surface area (Å²) in [7, 11) is 0. The van der Waals surface area contributed by atoms with Crippen molar-refractivity contribution >= 4 is 47.5 Å². The van der Waals surface area contributed by atoms with Crippen molar-refractivity contribution < 1.29 is 5.21 Å². The molecule has 7 heteroatoms. The molecule has 0 radical (unpaired) electrons. The molecule has 1 heterocycles. The molecule has 1 aliphatic rings. The van der Waals surface area contributed by atoms with Crippen molar-refractivity contribution in [1.82, 2.24) is 4.90 Å². The second kappa shape index (κ2) is 10.8. The quantitative estimate of drug-likeness (QED) is 0.401. The first-order chi connectivity index (χ1) is 12.7. The number of aryl methyl sites for hydroxylation is 1. The molecule has 0 aliphatic carbocycles. The summed E-state index contributed by atoms with van der Waals surface area (Å²) in [6.07, 6.45) is 3.42. The first-order valence-corrected chi connectivity index (χ1v) is 9.60. The second-order valence-corrected chi connectivity index (χ2v) is 7.31. The van der Waals surface area contributed by atoms with Crippen molar-refractivity contribution in [3.63, 3.8) is 0 Å². The standard InChI is InChI=1S/C20H23Cl2N3O.ClH/c21-18-8-7-17(15-23-26)16(14-18)4-3-9-24-10-12-25(13-11-24)20-6-2-1-5-19(20)22;/h1-2,5-8,14-15,26H,3-4,9-13H2;1H. The van der Waals surface area contributed by atoms with E-state index < -0.39 is 0 Å². The van der Waals surface area contributed by atoms with Crippen LogP contribution >= 0.6 is 35.6 Å². The average molecular weight is 429 g/mol. The van der Waals surface area contributed by atoms with Gasteiger partial charge in [-0.05, 0) is 54.8 Å². The van der Waals surface area contributed by atoms with E-state index in [4.69, 9.17) is 28.4 Å². The molecule has 2 aromatic carbocycles. The van der Waals surface area contributed by atoms with Crippen molar-refractivity contribution in [2.75, 3.05) is 37.6 Å². The molecule has 1 aliphatic heterocycles. The van der Waals surface area contributed by atoms with Crippen LogP contribution < -0.4 is 4.90 Å². The van der Waals surface area contributed by atoms with E-state index in [1.807, 2.05) is 36.4 Å². The van der Waals surface area contributed by atoms with Crippen LogP contribution in [-0.4, -0.2) is 49.0 Å². The third kappa shape index (κ3) is 6.01. The molecule has 1 N–H and O–H groups in total. The molecule has 146 valence electrons. The number of hydrogen-bond acceptors (Lipinski definition) is 4. The molecular formula is C20H24Cl3N3O. The zero-order chi connectivity index (χ0) is 18.4. The summed E-state index contributed by atoms with van der Waals surface area (Å²) in [5, 5.41) is 13.5. The van der Waals surface area contributed by atoms with Crippen molar-refractivity contribution in [2.24, 2.45) is 5.16 Å². The Labute approximate surface area is 176 Å². The van der Waals surface area contributed by atoms with Crippen molar-refractivity contribution in [3.8, 4) is 0 Å². The smallest absolute Gasteiger partial charge is 0.0736 e. The highest BCUT2D eigenvalue weighted by Crippen LogP contribution is 2.26. The van der Waals surface area contributed by atoms with Gasteiger partial charge in [-0.15, -0.1) is 12.4 Å². The minimum atomic E-state index is 0. The van der Waals surface area contributed by atoms with Gasteiger partial charge in [-0.1, -0.05) is 46.6 Å². The van der Waals surface area contributed by atoms with Gasteiger partial charge >= 0.3 is 0 Å². The average Bonchev–Trinajstić information content (AvgIpc) is 2.65. The topological polar surface area (TPSA) is 39.1 Å². The fourth-order valence-corrected chi connectivity index (χ4v) is 3.84. The van der Waals surface area contributed by atoms with Crippen molar-refractivity contribution in [2.45, 2.75) is 12.8 Å². The predicted octanol–water partition coefficient (Wildman–Crippen LogP) is 4.98. The molecule has 0 bridgehead atoms. The van der Waals surface area contributed by atoms with E-state index in [2.05, 4.69) is 21.0 Å². The Balaban J connectivity index is 0.00000261. The van der Waals surface area contributed by atoms with E-state index in [0.717, 1.165) is 67.4 Å². The third-order valence-electron chi connectivity index (χ3n) is 4.79. The molecule has 0 atom stereocenters. The van der Waals surface area contributed by atoms with Crippen LogP contribution in [0.25, 0.3) is 0 Å². The van der Waals surface area contributed by atoms with Gasteiger partial charge in [-0.3, -0.25) is 4.90 Å². The molecule has 0 unspecified atom stereocenters. The monoisotopic (exact) mass is 427 g/mol. The molecule has 1 fully saturated rings. The van der Waals surface area contributed by atoms with Gasteiger partial charge in [0.1, 0.15) is 0 Å². The minimum Gasteiger partial charge on any atom is -0.411 e. The van der Waals surface area contributed by atoms with Crippen LogP contribution in [0.15, 0.2) is 47.6 Å². The van der Waals surface area contributed by atoms with Crippen LogP contribution in [0, 0.1) is 0 Å². The first-order valence-electron chi connectivity index (χ1n) is 8.85. The Hall–Kier alpha value is -1.46. The number of piperazine rings is 1. The molecule has 0 amide bonds. The molecule has 3 rings (SSSR count). The number of nitrogens with zero attached hydrogens (tertiary/aromatic N) is 3. The lowest BCUT2D eigenvalue weighted by Crippen LogP contribution is -2.46. The Morgan fingerprint density at radius 2 is 1.78 bits per heavy atom. The zero-order valence-electron chi connectivity index (χ0n) is 15.0. The van der Waals surface area contributed by atoms with Gasteiger partial charge in [0.05, 0.1) is 16.9 Å². The van der Waals surface area contributed by atoms with Crippen molar-refractivity contribution in [3.05, 3.63) is 63.6 Å². The molecule has 2 aromatic rings. The summed E-state index contributed by atoms with van der Waals surface area (Å²) < 4.78 is 0. The maximum Gasteiger partial charge on any atom is 0.0736 e. The van der Waals surface area contributed by atoms with Crippen LogP contribution in [0.4, 0.5) is 5.69 Å². The van der Waals surface area contributed by atoms with E-state index >= 15 is 0 Å². The highest BCUT2D eigenvalue weighted by Gasteiger charge is 2.18. The summed E-state index contributed by atoms with van der Waals surface area (Å²) in [4.78, 5) is 4.84. The van der Waals surface area contributed by atoms with E-state index in [-0.39, 0.29) is 12.4 Å². The summed E-state index contributed by atoms with van der Waals surface area (Å²) in [6, 6.07) is 13.7. The zero-order valence-corrected chi connectivity index (χ0v) is 17.3. The number of halogens is 3. The third-order valence-corrected chi connectivity index (χ3v) is 5.34. The Morgan fingerprint density at radius 1 is 1.04 bits per heavy atom. The predicted molar refractivity (Wildman–Crippen MR) is 117 cm³/mol. The van der Waals surface area contributed by atoms with Gasteiger partial charge < -0.3 is 10.1 Å². The molecule has 4 nitrogen and oxygen atoms in total. The minimum absolute atomic E-state index is 0. The van der Waals surface area contributed by atoms with Crippen LogP contribution in [0.3, 0.4) is 0 Å². The molecule has 27 heavy (non-hydrogen) atoms. The summed E-state index contributed by atoms with van der Waals surface area (Å²) in [5.41, 5.74) is 3.16. The number of benzene rings is 2. The SMILES string of the molecule is Cl.ON=Cc1ccc(Cl)cc1CCCN1CCN(c2ccccc2Cl)CC1. The van der Waals surface area contributed by atoms with Gasteiger partial charge in [-0.25, -0.2) is 0 Å². The molecular weight excluding hydrogens is 405 g/mol. The fraction of sp³-hybridized carbons (Fsp3) is 0.350. The van der Waals surface area contributed by atoms with E-state index in [1.54, 1.807) is 0 Å². The van der Waals surface area contributed by atoms with Gasteiger partial charge in [0, 0.05) is 31.2 Å². The Morgan fingerprint density at radius 3 is 2.48 bits per heavy atom. The number of rotatable bonds is 6. The highest BCUT2D eigenvalue weighted by molar-refractivity contribution is 6.33.